The highest BCUT2D eigenvalue weighted by molar-refractivity contribution is 6.35. The van der Waals surface area contributed by atoms with Crippen LogP contribution >= 0.6 is 23.2 Å². The van der Waals surface area contributed by atoms with E-state index in [-0.39, 0.29) is 24.1 Å². The SMILES string of the molecule is O=C(Nc1cc(Cl)cc(Cl)c1)C1CC(=O)N(CCc2ccccc2F)C1. The van der Waals surface area contributed by atoms with E-state index in [1.54, 1.807) is 41.3 Å². The normalized spacial score (nSPS) is 16.8. The molecule has 26 heavy (non-hydrogen) atoms. The minimum absolute atomic E-state index is 0.106. The quantitative estimate of drug-likeness (QED) is 0.827. The molecule has 0 aliphatic carbocycles. The summed E-state index contributed by atoms with van der Waals surface area (Å²) in [6.45, 7) is 0.694. The lowest BCUT2D eigenvalue weighted by Gasteiger charge is -2.17. The number of nitrogens with one attached hydrogen (secondary N) is 1. The third-order valence-corrected chi connectivity index (χ3v) is 4.76. The van der Waals surface area contributed by atoms with Crippen LogP contribution in [0.3, 0.4) is 0 Å². The zero-order valence-electron chi connectivity index (χ0n) is 13.8. The number of hydrogen-bond donors (Lipinski definition) is 1. The summed E-state index contributed by atoms with van der Waals surface area (Å²) in [7, 11) is 0. The Balaban J connectivity index is 1.58. The molecule has 2 amide bonds. The summed E-state index contributed by atoms with van der Waals surface area (Å²) >= 11 is 11.8. The van der Waals surface area contributed by atoms with Crippen molar-refractivity contribution in [2.24, 2.45) is 5.92 Å². The van der Waals surface area contributed by atoms with Crippen molar-refractivity contribution in [3.63, 3.8) is 0 Å². The summed E-state index contributed by atoms with van der Waals surface area (Å²) in [4.78, 5) is 26.2. The fourth-order valence-corrected chi connectivity index (χ4v) is 3.52. The number of likely N-dealkylation sites (tertiary alicyclic amines) is 1. The summed E-state index contributed by atoms with van der Waals surface area (Å²) in [5, 5.41) is 3.58. The van der Waals surface area contributed by atoms with Gasteiger partial charge in [-0.25, -0.2) is 4.39 Å². The number of rotatable bonds is 5. The number of carbonyl (C=O) groups excluding carboxylic acids is 2. The lowest BCUT2D eigenvalue weighted by Crippen LogP contribution is -2.30. The maximum atomic E-state index is 13.7. The number of carbonyl (C=O) groups is 2. The van der Waals surface area contributed by atoms with E-state index in [4.69, 9.17) is 23.2 Å². The van der Waals surface area contributed by atoms with Crippen LogP contribution < -0.4 is 5.32 Å². The maximum absolute atomic E-state index is 13.7. The zero-order valence-corrected chi connectivity index (χ0v) is 15.4. The van der Waals surface area contributed by atoms with Crippen molar-refractivity contribution in [2.45, 2.75) is 12.8 Å². The van der Waals surface area contributed by atoms with E-state index >= 15 is 0 Å². The molecule has 1 aliphatic heterocycles. The Morgan fingerprint density at radius 1 is 1.19 bits per heavy atom. The number of hydrogen-bond acceptors (Lipinski definition) is 2. The molecule has 1 unspecified atom stereocenters. The average molecular weight is 395 g/mol. The van der Waals surface area contributed by atoms with Gasteiger partial charge in [-0.3, -0.25) is 9.59 Å². The van der Waals surface area contributed by atoms with E-state index in [1.165, 1.54) is 6.07 Å². The van der Waals surface area contributed by atoms with Crippen LogP contribution in [-0.4, -0.2) is 29.8 Å². The van der Waals surface area contributed by atoms with Gasteiger partial charge in [-0.1, -0.05) is 41.4 Å². The molecule has 0 spiro atoms. The van der Waals surface area contributed by atoms with Gasteiger partial charge in [0, 0.05) is 35.2 Å². The minimum atomic E-state index is -0.458. The molecule has 1 heterocycles. The van der Waals surface area contributed by atoms with Crippen LogP contribution in [0, 0.1) is 11.7 Å². The molecule has 2 aromatic rings. The van der Waals surface area contributed by atoms with Crippen molar-refractivity contribution in [1.29, 1.82) is 0 Å². The van der Waals surface area contributed by atoms with E-state index in [9.17, 15) is 14.0 Å². The highest BCUT2D eigenvalue weighted by atomic mass is 35.5. The Kier molecular flexibility index (Phi) is 5.79. The topological polar surface area (TPSA) is 49.4 Å². The first-order chi connectivity index (χ1) is 12.4. The lowest BCUT2D eigenvalue weighted by atomic mass is 10.1. The van der Waals surface area contributed by atoms with E-state index in [2.05, 4.69) is 5.32 Å². The molecule has 1 aliphatic rings. The molecule has 0 saturated carbocycles. The third kappa shape index (κ3) is 4.54. The smallest absolute Gasteiger partial charge is 0.229 e. The van der Waals surface area contributed by atoms with E-state index in [0.717, 1.165) is 0 Å². The molecule has 1 atom stereocenters. The first-order valence-electron chi connectivity index (χ1n) is 8.20. The summed E-state index contributed by atoms with van der Waals surface area (Å²) in [6, 6.07) is 11.2. The monoisotopic (exact) mass is 394 g/mol. The first kappa shape index (κ1) is 18.7. The fraction of sp³-hybridized carbons (Fsp3) is 0.263. The highest BCUT2D eigenvalue weighted by Gasteiger charge is 2.34. The van der Waals surface area contributed by atoms with Crippen LogP contribution in [0.1, 0.15) is 12.0 Å². The van der Waals surface area contributed by atoms with Crippen LogP contribution in [0.25, 0.3) is 0 Å². The Morgan fingerprint density at radius 3 is 2.58 bits per heavy atom. The summed E-state index contributed by atoms with van der Waals surface area (Å²) < 4.78 is 13.7. The van der Waals surface area contributed by atoms with E-state index < -0.39 is 5.92 Å². The number of amides is 2. The number of benzene rings is 2. The van der Waals surface area contributed by atoms with Crippen molar-refractivity contribution in [1.82, 2.24) is 4.90 Å². The van der Waals surface area contributed by atoms with Crippen LogP contribution in [-0.2, 0) is 16.0 Å². The van der Waals surface area contributed by atoms with Gasteiger partial charge in [0.25, 0.3) is 0 Å². The molecule has 0 radical (unpaired) electrons. The minimum Gasteiger partial charge on any atom is -0.342 e. The second-order valence-electron chi connectivity index (χ2n) is 6.23. The standard InChI is InChI=1S/C19H17Cl2FN2O2/c20-14-8-15(21)10-16(9-14)23-19(26)13-7-18(25)24(11-13)6-5-12-3-1-2-4-17(12)22/h1-4,8-10,13H,5-7,11H2,(H,23,26). The van der Waals surface area contributed by atoms with Gasteiger partial charge in [0.05, 0.1) is 5.92 Å². The van der Waals surface area contributed by atoms with Crippen LogP contribution in [0.5, 0.6) is 0 Å². The van der Waals surface area contributed by atoms with Crippen molar-refractivity contribution >= 4 is 40.7 Å². The average Bonchev–Trinajstić information content (AvgIpc) is 2.94. The summed E-state index contributed by atoms with van der Waals surface area (Å²) in [5.41, 5.74) is 1.05. The predicted molar refractivity (Wildman–Crippen MR) is 99.9 cm³/mol. The summed E-state index contributed by atoms with van der Waals surface area (Å²) in [5.74, 6) is -1.11. The van der Waals surface area contributed by atoms with Crippen molar-refractivity contribution in [3.05, 3.63) is 63.9 Å². The lowest BCUT2D eigenvalue weighted by molar-refractivity contribution is -0.128. The molecule has 1 N–H and O–H groups in total. The molecule has 136 valence electrons. The van der Waals surface area contributed by atoms with Gasteiger partial charge in [-0.15, -0.1) is 0 Å². The van der Waals surface area contributed by atoms with Gasteiger partial charge in [-0.05, 0) is 36.2 Å². The van der Waals surface area contributed by atoms with Crippen LogP contribution in [0.15, 0.2) is 42.5 Å². The first-order valence-corrected chi connectivity index (χ1v) is 8.96. The second kappa shape index (κ2) is 8.06. The van der Waals surface area contributed by atoms with Crippen molar-refractivity contribution < 1.29 is 14.0 Å². The van der Waals surface area contributed by atoms with Gasteiger partial charge in [-0.2, -0.15) is 0 Å². The van der Waals surface area contributed by atoms with Crippen LogP contribution in [0.2, 0.25) is 10.0 Å². The van der Waals surface area contributed by atoms with Gasteiger partial charge >= 0.3 is 0 Å². The Hall–Kier alpha value is -2.11. The Labute approximate surface area is 160 Å². The molecule has 0 bridgehead atoms. The zero-order chi connectivity index (χ0) is 18.7. The van der Waals surface area contributed by atoms with Gasteiger partial charge < -0.3 is 10.2 Å². The largest absolute Gasteiger partial charge is 0.342 e. The molecule has 0 aromatic heterocycles. The fourth-order valence-electron chi connectivity index (χ4n) is 2.99. The van der Waals surface area contributed by atoms with Gasteiger partial charge in [0.2, 0.25) is 11.8 Å². The molecule has 1 fully saturated rings. The van der Waals surface area contributed by atoms with E-state index in [1.807, 2.05) is 0 Å². The number of halogens is 3. The van der Waals surface area contributed by atoms with Gasteiger partial charge in [0.1, 0.15) is 5.82 Å². The second-order valence-corrected chi connectivity index (χ2v) is 7.10. The number of nitrogens with zero attached hydrogens (tertiary/aromatic N) is 1. The van der Waals surface area contributed by atoms with Crippen molar-refractivity contribution in [2.75, 3.05) is 18.4 Å². The van der Waals surface area contributed by atoms with Crippen molar-refractivity contribution in [3.8, 4) is 0 Å². The molecule has 1 saturated heterocycles. The number of anilines is 1. The van der Waals surface area contributed by atoms with Gasteiger partial charge in [0.15, 0.2) is 0 Å². The summed E-state index contributed by atoms with van der Waals surface area (Å²) in [6.07, 6.45) is 0.550. The highest BCUT2D eigenvalue weighted by Crippen LogP contribution is 2.25. The molecular weight excluding hydrogens is 378 g/mol. The molecule has 7 heteroatoms. The third-order valence-electron chi connectivity index (χ3n) is 4.32. The predicted octanol–water partition coefficient (Wildman–Crippen LogP) is 4.16. The maximum Gasteiger partial charge on any atom is 0.229 e. The Morgan fingerprint density at radius 2 is 1.88 bits per heavy atom. The molecular formula is C19H17Cl2FN2O2. The molecule has 4 nitrogen and oxygen atoms in total. The molecule has 3 rings (SSSR count). The van der Waals surface area contributed by atoms with E-state index in [0.29, 0.717) is 40.8 Å². The molecule has 2 aromatic carbocycles. The Bertz CT molecular complexity index is 824. The van der Waals surface area contributed by atoms with Crippen LogP contribution in [0.4, 0.5) is 10.1 Å².